The molecule has 6 heteroatoms. The summed E-state index contributed by atoms with van der Waals surface area (Å²) in [5.41, 5.74) is 4.74. The topological polar surface area (TPSA) is 46.3 Å². The van der Waals surface area contributed by atoms with Gasteiger partial charge in [0.15, 0.2) is 0 Å². The fourth-order valence-electron chi connectivity index (χ4n) is 1.88. The largest absolute Gasteiger partial charge is 0.416 e. The highest BCUT2D eigenvalue weighted by Crippen LogP contribution is 2.31. The van der Waals surface area contributed by atoms with Crippen LogP contribution < -0.4 is 5.73 Å². The zero-order chi connectivity index (χ0) is 15.5. The molecule has 0 radical (unpaired) electrons. The predicted octanol–water partition coefficient (Wildman–Crippen LogP) is 3.41. The van der Waals surface area contributed by atoms with Crippen molar-refractivity contribution < 1.29 is 18.0 Å². The Labute approximate surface area is 116 Å². The number of nitrogens with two attached hydrogens (primary N) is 1. The Hall–Kier alpha value is -1.72. The molecule has 0 heterocycles. The van der Waals surface area contributed by atoms with E-state index in [4.69, 9.17) is 5.73 Å². The minimum Gasteiger partial charge on any atom is -0.398 e. The third-order valence-electron chi connectivity index (χ3n) is 2.87. The molecule has 0 fully saturated rings. The molecule has 0 unspecified atom stereocenters. The van der Waals surface area contributed by atoms with Crippen molar-refractivity contribution in [2.75, 3.05) is 18.8 Å². The molecule has 112 valence electrons. The van der Waals surface area contributed by atoms with Crippen LogP contribution >= 0.6 is 0 Å². The normalized spacial score (nSPS) is 11.8. The van der Waals surface area contributed by atoms with Crippen LogP contribution in [-0.4, -0.2) is 23.9 Å². The fraction of sp³-hybridized carbons (Fsp3) is 0.500. The molecule has 20 heavy (non-hydrogen) atoms. The average molecular weight is 288 g/mol. The van der Waals surface area contributed by atoms with Crippen molar-refractivity contribution in [1.29, 1.82) is 0 Å². The molecule has 2 N–H and O–H groups in total. The number of alkyl halides is 3. The molecular formula is C14H19F3N2O. The average Bonchev–Trinajstić information content (AvgIpc) is 2.34. The molecule has 1 amide bonds. The van der Waals surface area contributed by atoms with Crippen molar-refractivity contribution in [3.63, 3.8) is 0 Å². The molecule has 1 aromatic rings. The molecule has 1 rings (SSSR count). The molecule has 0 spiro atoms. The first-order valence-electron chi connectivity index (χ1n) is 6.42. The standard InChI is InChI=1S/C14H19F3N2O/c1-4-19(8-9(2)3)13(20)11-7-10(14(15,16)17)5-6-12(11)18/h5-7,9H,4,8,18H2,1-3H3. The van der Waals surface area contributed by atoms with Gasteiger partial charge in [0, 0.05) is 18.8 Å². The van der Waals surface area contributed by atoms with E-state index < -0.39 is 17.6 Å². The Morgan fingerprint density at radius 2 is 1.95 bits per heavy atom. The van der Waals surface area contributed by atoms with Crippen molar-refractivity contribution in [3.05, 3.63) is 29.3 Å². The van der Waals surface area contributed by atoms with Gasteiger partial charge in [0.05, 0.1) is 11.1 Å². The van der Waals surface area contributed by atoms with E-state index in [1.54, 1.807) is 6.92 Å². The first kappa shape index (κ1) is 16.3. The zero-order valence-corrected chi connectivity index (χ0v) is 11.8. The summed E-state index contributed by atoms with van der Waals surface area (Å²) < 4.78 is 38.1. The number of benzene rings is 1. The van der Waals surface area contributed by atoms with Crippen molar-refractivity contribution in [2.24, 2.45) is 5.92 Å². The van der Waals surface area contributed by atoms with Gasteiger partial charge in [-0.3, -0.25) is 4.79 Å². The highest BCUT2D eigenvalue weighted by atomic mass is 19.4. The van der Waals surface area contributed by atoms with E-state index in [1.165, 1.54) is 4.90 Å². The Bertz CT molecular complexity index is 484. The summed E-state index contributed by atoms with van der Waals surface area (Å²) in [6, 6.07) is 2.82. The number of hydrogen-bond acceptors (Lipinski definition) is 2. The smallest absolute Gasteiger partial charge is 0.398 e. The predicted molar refractivity (Wildman–Crippen MR) is 72.3 cm³/mol. The molecule has 0 saturated carbocycles. The Balaban J connectivity index is 3.14. The number of amides is 1. The molecule has 0 aliphatic heterocycles. The maximum atomic E-state index is 12.7. The number of anilines is 1. The summed E-state index contributed by atoms with van der Waals surface area (Å²) in [4.78, 5) is 13.8. The first-order chi connectivity index (χ1) is 9.16. The van der Waals surface area contributed by atoms with Crippen LogP contribution in [0.4, 0.5) is 18.9 Å². The van der Waals surface area contributed by atoms with Crippen LogP contribution in [0, 0.1) is 5.92 Å². The Kier molecular flexibility index (Phi) is 5.03. The fourth-order valence-corrected chi connectivity index (χ4v) is 1.88. The summed E-state index contributed by atoms with van der Waals surface area (Å²) in [5, 5.41) is 0. The summed E-state index contributed by atoms with van der Waals surface area (Å²) in [6.45, 7) is 6.55. The van der Waals surface area contributed by atoms with Gasteiger partial charge in [-0.15, -0.1) is 0 Å². The van der Waals surface area contributed by atoms with Crippen molar-refractivity contribution in [2.45, 2.75) is 26.9 Å². The maximum absolute atomic E-state index is 12.7. The van der Waals surface area contributed by atoms with E-state index >= 15 is 0 Å². The molecule has 0 aliphatic rings. The molecular weight excluding hydrogens is 269 g/mol. The number of hydrogen-bond donors (Lipinski definition) is 1. The summed E-state index contributed by atoms with van der Waals surface area (Å²) in [5.74, 6) is -0.240. The third-order valence-corrected chi connectivity index (χ3v) is 2.87. The van der Waals surface area contributed by atoms with Crippen LogP contribution in [0.15, 0.2) is 18.2 Å². The SMILES string of the molecule is CCN(CC(C)C)C(=O)c1cc(C(F)(F)F)ccc1N. The zero-order valence-electron chi connectivity index (χ0n) is 11.8. The van der Waals surface area contributed by atoms with Crippen LogP contribution in [0.5, 0.6) is 0 Å². The maximum Gasteiger partial charge on any atom is 0.416 e. The Morgan fingerprint density at radius 3 is 2.40 bits per heavy atom. The summed E-state index contributed by atoms with van der Waals surface area (Å²) in [7, 11) is 0. The number of nitrogen functional groups attached to an aromatic ring is 1. The monoisotopic (exact) mass is 288 g/mol. The molecule has 0 aromatic heterocycles. The summed E-state index contributed by atoms with van der Waals surface area (Å²) >= 11 is 0. The lowest BCUT2D eigenvalue weighted by Gasteiger charge is -2.24. The van der Waals surface area contributed by atoms with Crippen LogP contribution in [-0.2, 0) is 6.18 Å². The van der Waals surface area contributed by atoms with E-state index in [1.807, 2.05) is 13.8 Å². The number of halogens is 3. The molecule has 0 saturated heterocycles. The van der Waals surface area contributed by atoms with E-state index in [2.05, 4.69) is 0 Å². The number of rotatable bonds is 4. The van der Waals surface area contributed by atoms with Gasteiger partial charge in [0.25, 0.3) is 5.91 Å². The molecule has 1 aromatic carbocycles. The second-order valence-electron chi connectivity index (χ2n) is 5.04. The van der Waals surface area contributed by atoms with Gasteiger partial charge in [-0.2, -0.15) is 13.2 Å². The lowest BCUT2D eigenvalue weighted by Crippen LogP contribution is -2.34. The van der Waals surface area contributed by atoms with E-state index in [0.717, 1.165) is 18.2 Å². The minimum absolute atomic E-state index is 0.0604. The van der Waals surface area contributed by atoms with Crippen molar-refractivity contribution in [3.8, 4) is 0 Å². The molecule has 3 nitrogen and oxygen atoms in total. The van der Waals surface area contributed by atoms with Gasteiger partial charge in [0.1, 0.15) is 0 Å². The van der Waals surface area contributed by atoms with Crippen LogP contribution in [0.3, 0.4) is 0 Å². The Morgan fingerprint density at radius 1 is 1.35 bits per heavy atom. The van der Waals surface area contributed by atoms with Gasteiger partial charge in [-0.1, -0.05) is 13.8 Å². The van der Waals surface area contributed by atoms with E-state index in [0.29, 0.717) is 13.1 Å². The second-order valence-corrected chi connectivity index (χ2v) is 5.04. The van der Waals surface area contributed by atoms with Gasteiger partial charge in [-0.05, 0) is 31.0 Å². The third kappa shape index (κ3) is 3.88. The van der Waals surface area contributed by atoms with E-state index in [-0.39, 0.29) is 17.2 Å². The summed E-state index contributed by atoms with van der Waals surface area (Å²) in [6.07, 6.45) is -4.49. The van der Waals surface area contributed by atoms with Crippen LogP contribution in [0.25, 0.3) is 0 Å². The first-order valence-corrected chi connectivity index (χ1v) is 6.42. The number of carbonyl (C=O) groups excluding carboxylic acids is 1. The van der Waals surface area contributed by atoms with Gasteiger partial charge >= 0.3 is 6.18 Å². The minimum atomic E-state index is -4.49. The molecule has 0 atom stereocenters. The van der Waals surface area contributed by atoms with Crippen LogP contribution in [0.1, 0.15) is 36.7 Å². The van der Waals surface area contributed by atoms with Crippen molar-refractivity contribution in [1.82, 2.24) is 4.90 Å². The highest BCUT2D eigenvalue weighted by molar-refractivity contribution is 5.99. The lowest BCUT2D eigenvalue weighted by molar-refractivity contribution is -0.137. The van der Waals surface area contributed by atoms with Crippen molar-refractivity contribution >= 4 is 11.6 Å². The van der Waals surface area contributed by atoms with Gasteiger partial charge in [-0.25, -0.2) is 0 Å². The number of carbonyl (C=O) groups is 1. The number of nitrogens with zero attached hydrogens (tertiary/aromatic N) is 1. The molecule has 0 aliphatic carbocycles. The van der Waals surface area contributed by atoms with Gasteiger partial charge in [0.2, 0.25) is 0 Å². The lowest BCUT2D eigenvalue weighted by atomic mass is 10.1. The van der Waals surface area contributed by atoms with E-state index in [9.17, 15) is 18.0 Å². The molecule has 0 bridgehead atoms. The quantitative estimate of drug-likeness (QED) is 0.863. The highest BCUT2D eigenvalue weighted by Gasteiger charge is 2.32. The van der Waals surface area contributed by atoms with Gasteiger partial charge < -0.3 is 10.6 Å². The van der Waals surface area contributed by atoms with Crippen LogP contribution in [0.2, 0.25) is 0 Å². The second kappa shape index (κ2) is 6.15.